The van der Waals surface area contributed by atoms with Gasteiger partial charge in [0.15, 0.2) is 0 Å². The molecule has 0 spiro atoms. The highest BCUT2D eigenvalue weighted by molar-refractivity contribution is 5.36. The quantitative estimate of drug-likeness (QED) is 0.780. The minimum absolute atomic E-state index is 0.670. The van der Waals surface area contributed by atoms with E-state index in [4.69, 9.17) is 0 Å². The normalized spacial score (nSPS) is 17.3. The molecular formula is C11H17N3. The minimum Gasteiger partial charge on any atom is -0.373 e. The van der Waals surface area contributed by atoms with Crippen molar-refractivity contribution in [1.29, 1.82) is 0 Å². The molecule has 0 aromatic carbocycles. The molecule has 0 unspecified atom stereocenters. The molecule has 0 atom stereocenters. The van der Waals surface area contributed by atoms with Crippen LogP contribution in [0.3, 0.4) is 0 Å². The minimum atomic E-state index is 0.670. The number of hydrogen-bond acceptors (Lipinski definition) is 3. The summed E-state index contributed by atoms with van der Waals surface area (Å²) in [5, 5.41) is 3.08. The molecule has 14 heavy (non-hydrogen) atoms. The molecule has 0 bridgehead atoms. The number of nitrogens with one attached hydrogen (secondary N) is 1. The zero-order valence-corrected chi connectivity index (χ0v) is 8.88. The van der Waals surface area contributed by atoms with Crippen molar-refractivity contribution in [3.63, 3.8) is 0 Å². The number of hydrogen-bond donors (Lipinski definition) is 1. The average molecular weight is 191 g/mol. The second-order valence-electron chi connectivity index (χ2n) is 3.96. The fourth-order valence-electron chi connectivity index (χ4n) is 2.15. The summed E-state index contributed by atoms with van der Waals surface area (Å²) in [6.07, 6.45) is 5.28. The number of nitrogens with zero attached hydrogens (tertiary/aromatic N) is 2. The zero-order valence-electron chi connectivity index (χ0n) is 8.88. The summed E-state index contributed by atoms with van der Waals surface area (Å²) in [7, 11) is 1.90. The van der Waals surface area contributed by atoms with Crippen molar-refractivity contribution in [2.75, 3.05) is 12.4 Å². The first-order valence-electron chi connectivity index (χ1n) is 5.33. The van der Waals surface area contributed by atoms with Gasteiger partial charge in [-0.15, -0.1) is 0 Å². The monoisotopic (exact) mass is 191 g/mol. The van der Waals surface area contributed by atoms with Gasteiger partial charge in [-0.05, 0) is 19.8 Å². The highest BCUT2D eigenvalue weighted by Gasteiger charge is 2.19. The smallest absolute Gasteiger partial charge is 0.129 e. The zero-order chi connectivity index (χ0) is 9.97. The van der Waals surface area contributed by atoms with Gasteiger partial charge in [0, 0.05) is 24.7 Å². The van der Waals surface area contributed by atoms with E-state index < -0.39 is 0 Å². The van der Waals surface area contributed by atoms with E-state index >= 15 is 0 Å². The van der Waals surface area contributed by atoms with Crippen LogP contribution in [-0.2, 0) is 0 Å². The molecule has 0 amide bonds. The van der Waals surface area contributed by atoms with E-state index in [2.05, 4.69) is 21.4 Å². The molecule has 0 radical (unpaired) electrons. The first-order valence-corrected chi connectivity index (χ1v) is 5.33. The summed E-state index contributed by atoms with van der Waals surface area (Å²) in [5.74, 6) is 2.49. The van der Waals surface area contributed by atoms with Crippen LogP contribution < -0.4 is 5.32 Å². The van der Waals surface area contributed by atoms with Crippen LogP contribution >= 0.6 is 0 Å². The molecule has 1 aliphatic rings. The SMILES string of the molecule is CNc1cc(C2CCCC2)nc(C)n1. The van der Waals surface area contributed by atoms with E-state index in [-0.39, 0.29) is 0 Å². The third-order valence-corrected chi connectivity index (χ3v) is 2.89. The maximum absolute atomic E-state index is 4.51. The van der Waals surface area contributed by atoms with E-state index in [1.54, 1.807) is 0 Å². The molecule has 1 aromatic heterocycles. The Bertz CT molecular complexity index is 316. The summed E-state index contributed by atoms with van der Waals surface area (Å²) < 4.78 is 0. The van der Waals surface area contributed by atoms with Crippen LogP contribution in [0.5, 0.6) is 0 Å². The number of anilines is 1. The van der Waals surface area contributed by atoms with Crippen molar-refractivity contribution in [3.8, 4) is 0 Å². The van der Waals surface area contributed by atoms with Gasteiger partial charge >= 0.3 is 0 Å². The third-order valence-electron chi connectivity index (χ3n) is 2.89. The summed E-state index contributed by atoms with van der Waals surface area (Å²) in [6.45, 7) is 1.96. The molecular weight excluding hydrogens is 174 g/mol. The van der Waals surface area contributed by atoms with Gasteiger partial charge in [-0.2, -0.15) is 0 Å². The lowest BCUT2D eigenvalue weighted by Crippen LogP contribution is -2.03. The molecule has 1 heterocycles. The molecule has 3 heteroatoms. The van der Waals surface area contributed by atoms with Gasteiger partial charge in [-0.25, -0.2) is 9.97 Å². The van der Waals surface area contributed by atoms with E-state index in [1.807, 2.05) is 14.0 Å². The predicted molar refractivity (Wildman–Crippen MR) is 57.5 cm³/mol. The first-order chi connectivity index (χ1) is 6.79. The lowest BCUT2D eigenvalue weighted by Gasteiger charge is -2.10. The van der Waals surface area contributed by atoms with Gasteiger partial charge in [-0.1, -0.05) is 12.8 Å². The Balaban J connectivity index is 2.27. The van der Waals surface area contributed by atoms with E-state index in [9.17, 15) is 0 Å². The van der Waals surface area contributed by atoms with Crippen LogP contribution in [0.4, 0.5) is 5.82 Å². The van der Waals surface area contributed by atoms with Crippen molar-refractivity contribution >= 4 is 5.82 Å². The van der Waals surface area contributed by atoms with Gasteiger partial charge in [0.2, 0.25) is 0 Å². The highest BCUT2D eigenvalue weighted by atomic mass is 15.0. The largest absolute Gasteiger partial charge is 0.373 e. The van der Waals surface area contributed by atoms with Crippen LogP contribution in [-0.4, -0.2) is 17.0 Å². The van der Waals surface area contributed by atoms with Crippen LogP contribution in [0.2, 0.25) is 0 Å². The Morgan fingerprint density at radius 2 is 2.00 bits per heavy atom. The second-order valence-corrected chi connectivity index (χ2v) is 3.96. The molecule has 1 fully saturated rings. The summed E-state index contributed by atoms with van der Waals surface area (Å²) >= 11 is 0. The Kier molecular flexibility index (Phi) is 2.66. The van der Waals surface area contributed by atoms with E-state index in [1.165, 1.54) is 31.4 Å². The molecule has 1 N–H and O–H groups in total. The topological polar surface area (TPSA) is 37.8 Å². The molecule has 76 valence electrons. The van der Waals surface area contributed by atoms with Gasteiger partial charge < -0.3 is 5.32 Å². The fourth-order valence-corrected chi connectivity index (χ4v) is 2.15. The van der Waals surface area contributed by atoms with Crippen molar-refractivity contribution in [2.45, 2.75) is 38.5 Å². The van der Waals surface area contributed by atoms with E-state index in [0.717, 1.165) is 11.6 Å². The number of aryl methyl sites for hydroxylation is 1. The molecule has 2 rings (SSSR count). The standard InChI is InChI=1S/C11H17N3/c1-8-13-10(7-11(12-2)14-8)9-5-3-4-6-9/h7,9H,3-6H2,1-2H3,(H,12,13,14). The Hall–Kier alpha value is -1.12. The molecule has 1 aliphatic carbocycles. The lowest BCUT2D eigenvalue weighted by molar-refractivity contribution is 0.689. The maximum Gasteiger partial charge on any atom is 0.129 e. The van der Waals surface area contributed by atoms with Gasteiger partial charge in [-0.3, -0.25) is 0 Å². The van der Waals surface area contributed by atoms with Crippen LogP contribution in [0.15, 0.2) is 6.07 Å². The predicted octanol–water partition coefficient (Wildman–Crippen LogP) is 2.48. The Morgan fingerprint density at radius 3 is 2.64 bits per heavy atom. The Labute approximate surface area is 85.0 Å². The number of rotatable bonds is 2. The van der Waals surface area contributed by atoms with Crippen LogP contribution in [0.1, 0.15) is 43.1 Å². The molecule has 0 saturated heterocycles. The number of aromatic nitrogens is 2. The maximum atomic E-state index is 4.51. The van der Waals surface area contributed by atoms with Crippen molar-refractivity contribution in [1.82, 2.24) is 9.97 Å². The highest BCUT2D eigenvalue weighted by Crippen LogP contribution is 2.33. The molecule has 1 saturated carbocycles. The van der Waals surface area contributed by atoms with Crippen molar-refractivity contribution in [2.24, 2.45) is 0 Å². The van der Waals surface area contributed by atoms with Crippen LogP contribution in [0.25, 0.3) is 0 Å². The lowest BCUT2D eigenvalue weighted by atomic mass is 10.0. The van der Waals surface area contributed by atoms with Gasteiger partial charge in [0.25, 0.3) is 0 Å². The van der Waals surface area contributed by atoms with Gasteiger partial charge in [0.1, 0.15) is 11.6 Å². The molecule has 0 aliphatic heterocycles. The van der Waals surface area contributed by atoms with Crippen LogP contribution in [0, 0.1) is 6.92 Å². The first kappa shape index (κ1) is 9.44. The Morgan fingerprint density at radius 1 is 1.29 bits per heavy atom. The average Bonchev–Trinajstić information content (AvgIpc) is 2.69. The molecule has 1 aromatic rings. The molecule has 3 nitrogen and oxygen atoms in total. The second kappa shape index (κ2) is 3.95. The summed E-state index contributed by atoms with van der Waals surface area (Å²) in [5.41, 5.74) is 1.22. The van der Waals surface area contributed by atoms with E-state index in [0.29, 0.717) is 5.92 Å². The van der Waals surface area contributed by atoms with Gasteiger partial charge in [0.05, 0.1) is 0 Å². The van der Waals surface area contributed by atoms with Crippen molar-refractivity contribution in [3.05, 3.63) is 17.6 Å². The fraction of sp³-hybridized carbons (Fsp3) is 0.636. The van der Waals surface area contributed by atoms with Crippen molar-refractivity contribution < 1.29 is 0 Å². The summed E-state index contributed by atoms with van der Waals surface area (Å²) in [4.78, 5) is 8.81. The summed E-state index contributed by atoms with van der Waals surface area (Å²) in [6, 6.07) is 2.09. The third kappa shape index (κ3) is 1.86.